The van der Waals surface area contributed by atoms with Crippen LogP contribution in [0.25, 0.3) is 11.1 Å². The van der Waals surface area contributed by atoms with Crippen molar-refractivity contribution < 1.29 is 4.42 Å². The second kappa shape index (κ2) is 7.82. The van der Waals surface area contributed by atoms with E-state index < -0.39 is 0 Å². The Morgan fingerprint density at radius 3 is 2.65 bits per heavy atom. The molecule has 0 unspecified atom stereocenters. The van der Waals surface area contributed by atoms with Crippen LogP contribution in [-0.4, -0.2) is 51.8 Å². The van der Waals surface area contributed by atoms with Gasteiger partial charge in [0.15, 0.2) is 10.7 Å². The topological polar surface area (TPSA) is 58.3 Å². The molecule has 0 saturated carbocycles. The standard InChI is InChI=1S/C18H20ClN5OS/c1-2-26-17-20-10-13(11-21-17)12-23-5-7-24(8-6-23)18-22-15-9-14(19)3-4-16(15)25-18/h3-4,9-11H,2,5-8,12H2,1H3. The Morgan fingerprint density at radius 1 is 1.15 bits per heavy atom. The molecule has 0 atom stereocenters. The third kappa shape index (κ3) is 3.95. The summed E-state index contributed by atoms with van der Waals surface area (Å²) in [7, 11) is 0. The van der Waals surface area contributed by atoms with Gasteiger partial charge < -0.3 is 9.32 Å². The molecule has 1 aliphatic rings. The van der Waals surface area contributed by atoms with Gasteiger partial charge in [0.1, 0.15) is 5.52 Å². The summed E-state index contributed by atoms with van der Waals surface area (Å²) in [4.78, 5) is 18.0. The monoisotopic (exact) mass is 389 g/mol. The first-order valence-corrected chi connectivity index (χ1v) is 10.0. The normalized spacial score (nSPS) is 15.7. The van der Waals surface area contributed by atoms with Gasteiger partial charge in [-0.25, -0.2) is 9.97 Å². The number of fused-ring (bicyclic) bond motifs is 1. The van der Waals surface area contributed by atoms with Crippen LogP contribution in [0.2, 0.25) is 5.02 Å². The van der Waals surface area contributed by atoms with Crippen LogP contribution in [0.3, 0.4) is 0 Å². The Labute approximate surface area is 161 Å². The zero-order chi connectivity index (χ0) is 17.9. The summed E-state index contributed by atoms with van der Waals surface area (Å²) >= 11 is 7.69. The Hall–Kier alpha value is -1.83. The fourth-order valence-electron chi connectivity index (χ4n) is 3.01. The molecule has 1 aliphatic heterocycles. The van der Waals surface area contributed by atoms with E-state index in [-0.39, 0.29) is 0 Å². The molecule has 3 heterocycles. The molecule has 1 saturated heterocycles. The first-order chi connectivity index (χ1) is 12.7. The van der Waals surface area contributed by atoms with Gasteiger partial charge >= 0.3 is 0 Å². The molecule has 26 heavy (non-hydrogen) atoms. The molecule has 136 valence electrons. The first kappa shape index (κ1) is 17.6. The number of benzene rings is 1. The molecule has 3 aromatic rings. The highest BCUT2D eigenvalue weighted by atomic mass is 35.5. The Kier molecular flexibility index (Phi) is 5.28. The van der Waals surface area contributed by atoms with Crippen molar-refractivity contribution in [3.05, 3.63) is 41.2 Å². The lowest BCUT2D eigenvalue weighted by Crippen LogP contribution is -2.46. The van der Waals surface area contributed by atoms with Crippen LogP contribution in [0, 0.1) is 0 Å². The summed E-state index contributed by atoms with van der Waals surface area (Å²) in [6, 6.07) is 6.19. The number of nitrogens with zero attached hydrogens (tertiary/aromatic N) is 5. The van der Waals surface area contributed by atoms with E-state index in [0.717, 1.165) is 60.3 Å². The fourth-order valence-corrected chi connectivity index (χ4v) is 3.69. The summed E-state index contributed by atoms with van der Waals surface area (Å²) in [5.41, 5.74) is 2.72. The maximum absolute atomic E-state index is 6.02. The molecule has 0 aliphatic carbocycles. The molecular formula is C18H20ClN5OS. The van der Waals surface area contributed by atoms with Crippen LogP contribution >= 0.6 is 23.4 Å². The minimum absolute atomic E-state index is 0.672. The molecule has 0 N–H and O–H groups in total. The van der Waals surface area contributed by atoms with E-state index in [1.54, 1.807) is 11.8 Å². The maximum Gasteiger partial charge on any atom is 0.298 e. The number of halogens is 1. The molecule has 1 aromatic carbocycles. The Morgan fingerprint density at radius 2 is 1.92 bits per heavy atom. The van der Waals surface area contributed by atoms with Crippen molar-refractivity contribution in [1.82, 2.24) is 19.9 Å². The van der Waals surface area contributed by atoms with Gasteiger partial charge in [0, 0.05) is 55.7 Å². The van der Waals surface area contributed by atoms with Gasteiger partial charge in [-0.2, -0.15) is 4.98 Å². The number of rotatable bonds is 5. The lowest BCUT2D eigenvalue weighted by molar-refractivity contribution is 0.245. The number of aromatic nitrogens is 3. The largest absolute Gasteiger partial charge is 0.423 e. The van der Waals surface area contributed by atoms with Gasteiger partial charge in [0.05, 0.1) is 0 Å². The van der Waals surface area contributed by atoms with Crippen LogP contribution in [-0.2, 0) is 6.54 Å². The second-order valence-corrected chi connectivity index (χ2v) is 7.85. The van der Waals surface area contributed by atoms with Crippen molar-refractivity contribution in [2.75, 3.05) is 36.8 Å². The molecule has 4 rings (SSSR count). The lowest BCUT2D eigenvalue weighted by Gasteiger charge is -2.33. The van der Waals surface area contributed by atoms with E-state index in [1.165, 1.54) is 0 Å². The third-order valence-electron chi connectivity index (χ3n) is 4.34. The van der Waals surface area contributed by atoms with E-state index >= 15 is 0 Å². The fraction of sp³-hybridized carbons (Fsp3) is 0.389. The summed E-state index contributed by atoms with van der Waals surface area (Å²) in [6.45, 7) is 6.63. The molecule has 2 aromatic heterocycles. The summed E-state index contributed by atoms with van der Waals surface area (Å²) < 4.78 is 5.87. The average Bonchev–Trinajstić information content (AvgIpc) is 3.07. The lowest BCUT2D eigenvalue weighted by atomic mass is 10.2. The Bertz CT molecular complexity index is 877. The number of hydrogen-bond donors (Lipinski definition) is 0. The molecule has 6 nitrogen and oxygen atoms in total. The average molecular weight is 390 g/mol. The molecule has 0 radical (unpaired) electrons. The third-order valence-corrected chi connectivity index (χ3v) is 5.34. The summed E-state index contributed by atoms with van der Waals surface area (Å²) in [5.74, 6) is 0.989. The molecule has 0 bridgehead atoms. The maximum atomic E-state index is 6.02. The zero-order valence-electron chi connectivity index (χ0n) is 14.6. The SMILES string of the molecule is CCSc1ncc(CN2CCN(c3nc4cc(Cl)ccc4o3)CC2)cn1. The molecular weight excluding hydrogens is 370 g/mol. The van der Waals surface area contributed by atoms with E-state index in [1.807, 2.05) is 30.6 Å². The highest BCUT2D eigenvalue weighted by Gasteiger charge is 2.21. The summed E-state index contributed by atoms with van der Waals surface area (Å²) in [6.07, 6.45) is 3.86. The number of thioether (sulfide) groups is 1. The smallest absolute Gasteiger partial charge is 0.298 e. The van der Waals surface area contributed by atoms with Crippen molar-refractivity contribution in [2.24, 2.45) is 0 Å². The zero-order valence-corrected chi connectivity index (χ0v) is 16.1. The molecule has 1 fully saturated rings. The van der Waals surface area contributed by atoms with E-state index in [0.29, 0.717) is 11.0 Å². The summed E-state index contributed by atoms with van der Waals surface area (Å²) in [5, 5.41) is 1.52. The predicted octanol–water partition coefficient (Wildman–Crippen LogP) is 3.71. The van der Waals surface area contributed by atoms with Gasteiger partial charge in [-0.15, -0.1) is 0 Å². The second-order valence-electron chi connectivity index (χ2n) is 6.18. The number of oxazole rings is 1. The number of piperazine rings is 1. The first-order valence-electron chi connectivity index (χ1n) is 8.68. The van der Waals surface area contributed by atoms with Crippen molar-refractivity contribution in [3.8, 4) is 0 Å². The van der Waals surface area contributed by atoms with E-state index in [2.05, 4.69) is 31.7 Å². The van der Waals surface area contributed by atoms with Crippen molar-refractivity contribution in [3.63, 3.8) is 0 Å². The number of hydrogen-bond acceptors (Lipinski definition) is 7. The van der Waals surface area contributed by atoms with Crippen LogP contribution in [0.1, 0.15) is 12.5 Å². The minimum Gasteiger partial charge on any atom is -0.423 e. The Balaban J connectivity index is 1.35. The number of anilines is 1. The highest BCUT2D eigenvalue weighted by Crippen LogP contribution is 2.25. The van der Waals surface area contributed by atoms with Gasteiger partial charge in [-0.1, -0.05) is 30.3 Å². The van der Waals surface area contributed by atoms with Crippen molar-refractivity contribution in [2.45, 2.75) is 18.6 Å². The van der Waals surface area contributed by atoms with E-state index in [4.69, 9.17) is 16.0 Å². The quantitative estimate of drug-likeness (QED) is 0.487. The van der Waals surface area contributed by atoms with Gasteiger partial charge in [-0.05, 0) is 24.0 Å². The van der Waals surface area contributed by atoms with E-state index in [9.17, 15) is 0 Å². The van der Waals surface area contributed by atoms with Crippen LogP contribution < -0.4 is 4.90 Å². The minimum atomic E-state index is 0.672. The van der Waals surface area contributed by atoms with Crippen LogP contribution in [0.5, 0.6) is 0 Å². The molecule has 8 heteroatoms. The van der Waals surface area contributed by atoms with Crippen molar-refractivity contribution in [1.29, 1.82) is 0 Å². The van der Waals surface area contributed by atoms with Crippen LogP contribution in [0.4, 0.5) is 6.01 Å². The van der Waals surface area contributed by atoms with Gasteiger partial charge in [0.25, 0.3) is 6.01 Å². The van der Waals surface area contributed by atoms with Crippen LogP contribution in [0.15, 0.2) is 40.2 Å². The van der Waals surface area contributed by atoms with Gasteiger partial charge in [0.2, 0.25) is 0 Å². The molecule has 0 amide bonds. The predicted molar refractivity (Wildman–Crippen MR) is 105 cm³/mol. The molecule has 0 spiro atoms. The van der Waals surface area contributed by atoms with Gasteiger partial charge in [-0.3, -0.25) is 4.90 Å². The van der Waals surface area contributed by atoms with Crippen molar-refractivity contribution >= 4 is 40.5 Å². The highest BCUT2D eigenvalue weighted by molar-refractivity contribution is 7.99.